The Kier molecular flexibility index (Phi) is 5.87. The number of ether oxygens (including phenoxy) is 1. The molecule has 33 heavy (non-hydrogen) atoms. The molecule has 0 atom stereocenters. The van der Waals surface area contributed by atoms with Crippen molar-refractivity contribution in [3.8, 4) is 17.0 Å². The van der Waals surface area contributed by atoms with E-state index in [0.29, 0.717) is 24.3 Å². The molecule has 0 bridgehead atoms. The van der Waals surface area contributed by atoms with E-state index in [0.717, 1.165) is 32.1 Å². The van der Waals surface area contributed by atoms with Crippen LogP contribution in [0.2, 0.25) is 0 Å². The number of hydrogen-bond acceptors (Lipinski definition) is 5. The Morgan fingerprint density at radius 1 is 1.00 bits per heavy atom. The summed E-state index contributed by atoms with van der Waals surface area (Å²) >= 11 is 1.59. The number of fused-ring (bicyclic) bond motifs is 1. The summed E-state index contributed by atoms with van der Waals surface area (Å²) in [5.41, 5.74) is 4.07. The van der Waals surface area contributed by atoms with Crippen LogP contribution in [0.25, 0.3) is 21.5 Å². The van der Waals surface area contributed by atoms with E-state index in [1.807, 2.05) is 83.5 Å². The lowest BCUT2D eigenvalue weighted by Crippen LogP contribution is -2.23. The van der Waals surface area contributed by atoms with Crippen molar-refractivity contribution in [1.82, 2.24) is 20.1 Å². The van der Waals surface area contributed by atoms with Crippen LogP contribution < -0.4 is 10.1 Å². The fourth-order valence-corrected chi connectivity index (χ4v) is 4.55. The highest BCUT2D eigenvalue weighted by molar-refractivity contribution is 7.18. The lowest BCUT2D eigenvalue weighted by molar-refractivity contribution is 0.0951. The second-order valence-corrected chi connectivity index (χ2v) is 8.68. The molecule has 7 heteroatoms. The van der Waals surface area contributed by atoms with Gasteiger partial charge in [0.2, 0.25) is 0 Å². The summed E-state index contributed by atoms with van der Waals surface area (Å²) in [6, 6.07) is 25.6. The van der Waals surface area contributed by atoms with Gasteiger partial charge in [-0.25, -0.2) is 4.98 Å². The van der Waals surface area contributed by atoms with Crippen molar-refractivity contribution in [2.75, 3.05) is 7.11 Å². The maximum absolute atomic E-state index is 13.2. The van der Waals surface area contributed by atoms with Gasteiger partial charge < -0.3 is 10.1 Å². The van der Waals surface area contributed by atoms with E-state index in [1.165, 1.54) is 0 Å². The first-order chi connectivity index (χ1) is 16.2. The summed E-state index contributed by atoms with van der Waals surface area (Å²) in [5.74, 6) is 0.573. The van der Waals surface area contributed by atoms with Crippen molar-refractivity contribution in [3.63, 3.8) is 0 Å². The molecule has 0 radical (unpaired) electrons. The molecule has 5 rings (SSSR count). The van der Waals surface area contributed by atoms with Crippen LogP contribution in [0.1, 0.15) is 20.9 Å². The summed E-state index contributed by atoms with van der Waals surface area (Å²) in [5, 5.41) is 8.63. The fourth-order valence-electron chi connectivity index (χ4n) is 3.65. The molecule has 0 aliphatic heterocycles. The maximum atomic E-state index is 13.2. The van der Waals surface area contributed by atoms with Gasteiger partial charge in [-0.1, -0.05) is 42.5 Å². The topological polar surface area (TPSA) is 69.0 Å². The second kappa shape index (κ2) is 9.26. The van der Waals surface area contributed by atoms with Crippen LogP contribution >= 0.6 is 11.3 Å². The molecule has 6 nitrogen and oxygen atoms in total. The molecule has 2 aromatic heterocycles. The third-order valence-corrected chi connectivity index (χ3v) is 6.33. The summed E-state index contributed by atoms with van der Waals surface area (Å²) in [4.78, 5) is 17.8. The molecule has 3 aromatic carbocycles. The standard InChI is InChI=1S/C26H22N4O2S/c1-32-20-13-11-19(12-14-20)25-21(17-30(29-25)16-18-7-3-2-4-8-18)26(31)27-15-24-28-22-9-5-6-10-23(22)33-24/h2-14,17H,15-16H2,1H3,(H,27,31). The van der Waals surface area contributed by atoms with Crippen molar-refractivity contribution in [2.24, 2.45) is 0 Å². The summed E-state index contributed by atoms with van der Waals surface area (Å²) in [6.45, 7) is 0.944. The van der Waals surface area contributed by atoms with E-state index in [4.69, 9.17) is 9.84 Å². The van der Waals surface area contributed by atoms with E-state index in [2.05, 4.69) is 10.3 Å². The molecule has 1 N–H and O–H groups in total. The highest BCUT2D eigenvalue weighted by Crippen LogP contribution is 2.26. The molecular weight excluding hydrogens is 432 g/mol. The molecular formula is C26H22N4O2S. The van der Waals surface area contributed by atoms with Gasteiger partial charge in [-0.05, 0) is 42.0 Å². The number of nitrogens with one attached hydrogen (secondary N) is 1. The number of nitrogens with zero attached hydrogens (tertiary/aromatic N) is 3. The molecule has 0 saturated carbocycles. The Balaban J connectivity index is 1.42. The summed E-state index contributed by atoms with van der Waals surface area (Å²) in [6.07, 6.45) is 1.81. The van der Waals surface area contributed by atoms with E-state index >= 15 is 0 Å². The molecule has 164 valence electrons. The van der Waals surface area contributed by atoms with E-state index in [-0.39, 0.29) is 5.91 Å². The number of methoxy groups -OCH3 is 1. The smallest absolute Gasteiger partial charge is 0.255 e. The van der Waals surface area contributed by atoms with Gasteiger partial charge >= 0.3 is 0 Å². The van der Waals surface area contributed by atoms with Gasteiger partial charge in [0.1, 0.15) is 16.5 Å². The Bertz CT molecular complexity index is 1360. The molecule has 0 fully saturated rings. The van der Waals surface area contributed by atoms with Crippen LogP contribution in [0.3, 0.4) is 0 Å². The van der Waals surface area contributed by atoms with Crippen molar-refractivity contribution < 1.29 is 9.53 Å². The number of rotatable bonds is 7. The van der Waals surface area contributed by atoms with Gasteiger partial charge in [0.15, 0.2) is 0 Å². The zero-order chi connectivity index (χ0) is 22.6. The van der Waals surface area contributed by atoms with E-state index in [1.54, 1.807) is 24.6 Å². The monoisotopic (exact) mass is 454 g/mol. The van der Waals surface area contributed by atoms with Crippen molar-refractivity contribution >= 4 is 27.5 Å². The molecule has 5 aromatic rings. The van der Waals surface area contributed by atoms with Gasteiger partial charge in [-0.3, -0.25) is 9.48 Å². The van der Waals surface area contributed by atoms with Gasteiger partial charge in [0.25, 0.3) is 5.91 Å². The Morgan fingerprint density at radius 2 is 1.76 bits per heavy atom. The fraction of sp³-hybridized carbons (Fsp3) is 0.115. The number of hydrogen-bond donors (Lipinski definition) is 1. The summed E-state index contributed by atoms with van der Waals surface area (Å²) in [7, 11) is 1.63. The minimum Gasteiger partial charge on any atom is -0.497 e. The Labute approximate surface area is 195 Å². The highest BCUT2D eigenvalue weighted by Gasteiger charge is 2.19. The van der Waals surface area contributed by atoms with Crippen LogP contribution in [0.5, 0.6) is 5.75 Å². The molecule has 0 aliphatic carbocycles. The largest absolute Gasteiger partial charge is 0.497 e. The minimum atomic E-state index is -0.181. The second-order valence-electron chi connectivity index (χ2n) is 7.56. The van der Waals surface area contributed by atoms with Crippen molar-refractivity contribution in [1.29, 1.82) is 0 Å². The number of thiazole rings is 1. The quantitative estimate of drug-likeness (QED) is 0.369. The number of carbonyl (C=O) groups excluding carboxylic acids is 1. The number of aromatic nitrogens is 3. The van der Waals surface area contributed by atoms with Gasteiger partial charge in [-0.15, -0.1) is 11.3 Å². The van der Waals surface area contributed by atoms with Gasteiger partial charge in [0, 0.05) is 11.8 Å². The molecule has 0 aliphatic rings. The Morgan fingerprint density at radius 3 is 2.52 bits per heavy atom. The first-order valence-electron chi connectivity index (χ1n) is 10.6. The molecule has 0 spiro atoms. The summed E-state index contributed by atoms with van der Waals surface area (Å²) < 4.78 is 8.18. The Hall–Kier alpha value is -3.97. The van der Waals surface area contributed by atoms with E-state index in [9.17, 15) is 4.79 Å². The first kappa shape index (κ1) is 20.9. The number of amides is 1. The highest BCUT2D eigenvalue weighted by atomic mass is 32.1. The zero-order valence-electron chi connectivity index (χ0n) is 18.1. The average Bonchev–Trinajstić information content (AvgIpc) is 3.47. The number of benzene rings is 3. The third-order valence-electron chi connectivity index (χ3n) is 5.30. The lowest BCUT2D eigenvalue weighted by Gasteiger charge is -2.05. The van der Waals surface area contributed by atoms with E-state index < -0.39 is 0 Å². The minimum absolute atomic E-state index is 0.181. The van der Waals surface area contributed by atoms with Crippen molar-refractivity contribution in [2.45, 2.75) is 13.1 Å². The normalized spacial score (nSPS) is 10.9. The predicted molar refractivity (Wildman–Crippen MR) is 131 cm³/mol. The molecule has 1 amide bonds. The maximum Gasteiger partial charge on any atom is 0.255 e. The van der Waals surface area contributed by atoms with Gasteiger partial charge in [0.05, 0.1) is 36.0 Å². The molecule has 0 saturated heterocycles. The molecule has 2 heterocycles. The van der Waals surface area contributed by atoms with Crippen molar-refractivity contribution in [3.05, 3.63) is 101 Å². The third kappa shape index (κ3) is 4.63. The van der Waals surface area contributed by atoms with Gasteiger partial charge in [-0.2, -0.15) is 5.10 Å². The predicted octanol–water partition coefficient (Wildman–Crippen LogP) is 5.15. The van der Waals surface area contributed by atoms with Crippen LogP contribution in [-0.4, -0.2) is 27.8 Å². The number of para-hydroxylation sites is 1. The lowest BCUT2D eigenvalue weighted by atomic mass is 10.1. The van der Waals surface area contributed by atoms with Crippen LogP contribution in [0.15, 0.2) is 85.1 Å². The van der Waals surface area contributed by atoms with Crippen LogP contribution in [0, 0.1) is 0 Å². The zero-order valence-corrected chi connectivity index (χ0v) is 18.9. The average molecular weight is 455 g/mol. The first-order valence-corrected chi connectivity index (χ1v) is 11.4. The SMILES string of the molecule is COc1ccc(-c2nn(Cc3ccccc3)cc2C(=O)NCc2nc3ccccc3s2)cc1. The molecule has 0 unspecified atom stereocenters. The van der Waals surface area contributed by atoms with Crippen LogP contribution in [0.4, 0.5) is 0 Å². The number of carbonyl (C=O) groups is 1. The van der Waals surface area contributed by atoms with Crippen LogP contribution in [-0.2, 0) is 13.1 Å².